The minimum Gasteiger partial charge on any atom is -0.458 e. The topological polar surface area (TPSA) is 39.2 Å². The lowest BCUT2D eigenvalue weighted by atomic mass is 10.1. The van der Waals surface area contributed by atoms with Crippen molar-refractivity contribution in [3.05, 3.63) is 32.7 Å². The second kappa shape index (κ2) is 3.77. The molecule has 1 aromatic carbocycles. The first-order valence-corrected chi connectivity index (χ1v) is 5.49. The van der Waals surface area contributed by atoms with Crippen molar-refractivity contribution in [2.24, 2.45) is 5.73 Å². The zero-order valence-electron chi connectivity index (χ0n) is 7.90. The minimum atomic E-state index is -0.462. The second-order valence-corrected chi connectivity index (χ2v) is 4.47. The van der Waals surface area contributed by atoms with Gasteiger partial charge in [-0.25, -0.2) is 4.39 Å². The van der Waals surface area contributed by atoms with Gasteiger partial charge in [0.1, 0.15) is 5.76 Å². The maximum absolute atomic E-state index is 13.7. The quantitative estimate of drug-likeness (QED) is 0.813. The summed E-state index contributed by atoms with van der Waals surface area (Å²) in [4.78, 5) is 0. The van der Waals surface area contributed by atoms with Gasteiger partial charge in [-0.3, -0.25) is 0 Å². The number of furan rings is 1. The smallest absolute Gasteiger partial charge is 0.153 e. The Labute approximate surface area is 99.3 Å². The molecule has 0 unspecified atom stereocenters. The SMILES string of the molecule is Cc1c(CN)oc2c(Br)cc(Cl)c(F)c12. The van der Waals surface area contributed by atoms with Gasteiger partial charge in [0.05, 0.1) is 21.4 Å². The van der Waals surface area contributed by atoms with Crippen molar-refractivity contribution in [1.29, 1.82) is 0 Å². The molecule has 0 atom stereocenters. The molecule has 0 fully saturated rings. The van der Waals surface area contributed by atoms with E-state index in [0.717, 1.165) is 0 Å². The third kappa shape index (κ3) is 1.57. The molecule has 0 amide bonds. The number of halogens is 3. The lowest BCUT2D eigenvalue weighted by Gasteiger charge is -1.98. The van der Waals surface area contributed by atoms with E-state index in [4.69, 9.17) is 21.8 Å². The molecule has 0 saturated carbocycles. The van der Waals surface area contributed by atoms with E-state index in [-0.39, 0.29) is 11.6 Å². The highest BCUT2D eigenvalue weighted by molar-refractivity contribution is 9.10. The summed E-state index contributed by atoms with van der Waals surface area (Å²) in [5.41, 5.74) is 6.64. The Hall–Kier alpha value is -0.580. The number of aryl methyl sites for hydroxylation is 1. The Morgan fingerprint density at radius 3 is 2.87 bits per heavy atom. The summed E-state index contributed by atoms with van der Waals surface area (Å²) in [6.45, 7) is 2.00. The molecule has 0 aliphatic rings. The van der Waals surface area contributed by atoms with Crippen LogP contribution in [0.25, 0.3) is 11.0 Å². The van der Waals surface area contributed by atoms with E-state index >= 15 is 0 Å². The average Bonchev–Trinajstić information content (AvgIpc) is 2.53. The maximum atomic E-state index is 13.7. The molecule has 2 aromatic rings. The molecule has 2 N–H and O–H groups in total. The fraction of sp³-hybridized carbons (Fsp3) is 0.200. The lowest BCUT2D eigenvalue weighted by molar-refractivity contribution is 0.546. The molecule has 0 saturated heterocycles. The molecule has 2 rings (SSSR count). The van der Waals surface area contributed by atoms with E-state index in [2.05, 4.69) is 15.9 Å². The number of fused-ring (bicyclic) bond motifs is 1. The monoisotopic (exact) mass is 291 g/mol. The third-order valence-corrected chi connectivity index (χ3v) is 3.19. The van der Waals surface area contributed by atoms with Crippen molar-refractivity contribution in [1.82, 2.24) is 0 Å². The van der Waals surface area contributed by atoms with Crippen LogP contribution in [0.15, 0.2) is 15.0 Å². The summed E-state index contributed by atoms with van der Waals surface area (Å²) in [5.74, 6) is 0.114. The molecular formula is C10H8BrClFNO. The van der Waals surface area contributed by atoms with Crippen LogP contribution in [0.4, 0.5) is 4.39 Å². The number of nitrogens with two attached hydrogens (primary N) is 1. The van der Waals surface area contributed by atoms with Crippen molar-refractivity contribution in [3.8, 4) is 0 Å². The molecular weight excluding hydrogens is 284 g/mol. The first-order valence-electron chi connectivity index (χ1n) is 4.31. The van der Waals surface area contributed by atoms with Crippen molar-refractivity contribution in [3.63, 3.8) is 0 Å². The molecule has 1 heterocycles. The van der Waals surface area contributed by atoms with E-state index in [9.17, 15) is 4.39 Å². The fourth-order valence-corrected chi connectivity index (χ4v) is 2.39. The van der Waals surface area contributed by atoms with Crippen molar-refractivity contribution in [2.45, 2.75) is 13.5 Å². The van der Waals surface area contributed by atoms with Crippen LogP contribution in [0.3, 0.4) is 0 Å². The highest BCUT2D eigenvalue weighted by Gasteiger charge is 2.18. The highest BCUT2D eigenvalue weighted by atomic mass is 79.9. The summed E-state index contributed by atoms with van der Waals surface area (Å²) in [7, 11) is 0. The molecule has 0 radical (unpaired) electrons. The van der Waals surface area contributed by atoms with Crippen LogP contribution < -0.4 is 5.73 Å². The summed E-state index contributed by atoms with van der Waals surface area (Å²) >= 11 is 9.01. The van der Waals surface area contributed by atoms with E-state index in [1.54, 1.807) is 6.92 Å². The molecule has 0 aliphatic carbocycles. The number of benzene rings is 1. The largest absolute Gasteiger partial charge is 0.458 e. The zero-order valence-corrected chi connectivity index (χ0v) is 10.2. The number of rotatable bonds is 1. The zero-order chi connectivity index (χ0) is 11.2. The van der Waals surface area contributed by atoms with Gasteiger partial charge in [0.2, 0.25) is 0 Å². The standard InChI is InChI=1S/C10H8BrClFNO/c1-4-7(3-14)15-10-5(11)2-6(12)9(13)8(4)10/h2H,3,14H2,1H3. The molecule has 5 heteroatoms. The van der Waals surface area contributed by atoms with Gasteiger partial charge < -0.3 is 10.2 Å². The minimum absolute atomic E-state index is 0.0712. The molecule has 15 heavy (non-hydrogen) atoms. The Kier molecular flexibility index (Phi) is 2.75. The molecule has 0 spiro atoms. The van der Waals surface area contributed by atoms with Gasteiger partial charge in [-0.05, 0) is 28.9 Å². The van der Waals surface area contributed by atoms with E-state index < -0.39 is 5.82 Å². The Morgan fingerprint density at radius 2 is 2.27 bits per heavy atom. The van der Waals surface area contributed by atoms with Crippen LogP contribution >= 0.6 is 27.5 Å². The molecule has 1 aromatic heterocycles. The molecule has 0 aliphatic heterocycles. The van der Waals surface area contributed by atoms with E-state index in [1.165, 1.54) is 6.07 Å². The normalized spacial score (nSPS) is 11.3. The summed E-state index contributed by atoms with van der Waals surface area (Å²) in [5, 5.41) is 0.469. The molecule has 2 nitrogen and oxygen atoms in total. The van der Waals surface area contributed by atoms with Gasteiger partial charge in [-0.15, -0.1) is 0 Å². The predicted octanol–water partition coefficient (Wildman–Crippen LogP) is 3.75. The van der Waals surface area contributed by atoms with Gasteiger partial charge >= 0.3 is 0 Å². The number of hydrogen-bond donors (Lipinski definition) is 1. The summed E-state index contributed by atoms with van der Waals surface area (Å²) in [6, 6.07) is 1.47. The third-order valence-electron chi connectivity index (χ3n) is 2.33. The Balaban J connectivity index is 2.94. The van der Waals surface area contributed by atoms with Crippen LogP contribution in [0.1, 0.15) is 11.3 Å². The van der Waals surface area contributed by atoms with Gasteiger partial charge in [-0.1, -0.05) is 11.6 Å². The van der Waals surface area contributed by atoms with Gasteiger partial charge in [0, 0.05) is 5.56 Å². The summed E-state index contributed by atoms with van der Waals surface area (Å²) in [6.07, 6.45) is 0. The predicted molar refractivity (Wildman–Crippen MR) is 61.5 cm³/mol. The van der Waals surface area contributed by atoms with Crippen molar-refractivity contribution in [2.75, 3.05) is 0 Å². The van der Waals surface area contributed by atoms with Gasteiger partial charge in [0.25, 0.3) is 0 Å². The average molecular weight is 293 g/mol. The first kappa shape index (κ1) is 10.9. The van der Waals surface area contributed by atoms with Crippen LogP contribution in [-0.4, -0.2) is 0 Å². The van der Waals surface area contributed by atoms with Crippen LogP contribution in [0, 0.1) is 12.7 Å². The van der Waals surface area contributed by atoms with E-state index in [1.807, 2.05) is 0 Å². The Morgan fingerprint density at radius 1 is 1.60 bits per heavy atom. The van der Waals surface area contributed by atoms with Crippen LogP contribution in [0.5, 0.6) is 0 Å². The summed E-state index contributed by atoms with van der Waals surface area (Å²) < 4.78 is 19.8. The van der Waals surface area contributed by atoms with Crippen molar-refractivity contribution >= 4 is 38.5 Å². The molecule has 80 valence electrons. The lowest BCUT2D eigenvalue weighted by Crippen LogP contribution is -1.95. The number of hydrogen-bond acceptors (Lipinski definition) is 2. The van der Waals surface area contributed by atoms with E-state index in [0.29, 0.717) is 26.8 Å². The van der Waals surface area contributed by atoms with Crippen LogP contribution in [0.2, 0.25) is 5.02 Å². The van der Waals surface area contributed by atoms with Gasteiger partial charge in [-0.2, -0.15) is 0 Å². The molecule has 0 bridgehead atoms. The maximum Gasteiger partial charge on any atom is 0.153 e. The first-order chi connectivity index (χ1) is 7.06. The van der Waals surface area contributed by atoms with Gasteiger partial charge in [0.15, 0.2) is 11.4 Å². The fourth-order valence-electron chi connectivity index (χ4n) is 1.55. The Bertz CT molecular complexity index is 538. The second-order valence-electron chi connectivity index (χ2n) is 3.21. The van der Waals surface area contributed by atoms with Crippen molar-refractivity contribution < 1.29 is 8.81 Å². The van der Waals surface area contributed by atoms with Crippen LogP contribution in [-0.2, 0) is 6.54 Å². The highest BCUT2D eigenvalue weighted by Crippen LogP contribution is 2.36.